The highest BCUT2D eigenvalue weighted by molar-refractivity contribution is 5.36. The van der Waals surface area contributed by atoms with Crippen LogP contribution >= 0.6 is 0 Å². The first-order chi connectivity index (χ1) is 25.6. The third kappa shape index (κ3) is 8.77. The molecule has 13 N–H and O–H groups in total. The molecule has 5 rings (SSSR count). The van der Waals surface area contributed by atoms with Gasteiger partial charge in [-0.1, -0.05) is 0 Å². The van der Waals surface area contributed by atoms with Crippen molar-refractivity contribution in [2.45, 2.75) is 123 Å². The van der Waals surface area contributed by atoms with E-state index in [0.717, 1.165) is 12.1 Å². The lowest BCUT2D eigenvalue weighted by Crippen LogP contribution is -2.67. The first-order valence-electron chi connectivity index (χ1n) is 16.7. The van der Waals surface area contributed by atoms with Crippen LogP contribution in [0.2, 0.25) is 0 Å². The summed E-state index contributed by atoms with van der Waals surface area (Å²) in [6, 6.07) is 4.64. The molecule has 4 saturated heterocycles. The Hall–Kier alpha value is -2.38. The zero-order chi connectivity index (χ0) is 39.6. The van der Waals surface area contributed by atoms with Crippen molar-refractivity contribution < 1.29 is 109 Å². The van der Waals surface area contributed by atoms with Crippen molar-refractivity contribution in [2.24, 2.45) is 0 Å². The molecular formula is C30H45NO23. The van der Waals surface area contributed by atoms with Crippen LogP contribution in [-0.4, -0.2) is 221 Å². The molecular weight excluding hydrogens is 742 g/mol. The van der Waals surface area contributed by atoms with Crippen molar-refractivity contribution >= 4 is 5.69 Å². The number of rotatable bonds is 13. The van der Waals surface area contributed by atoms with Gasteiger partial charge in [0.25, 0.3) is 5.69 Å². The Morgan fingerprint density at radius 2 is 0.815 bits per heavy atom. The molecule has 0 amide bonds. The summed E-state index contributed by atoms with van der Waals surface area (Å²) >= 11 is 0. The van der Waals surface area contributed by atoms with E-state index in [1.165, 1.54) is 12.1 Å². The Kier molecular flexibility index (Phi) is 14.5. The van der Waals surface area contributed by atoms with E-state index in [1.54, 1.807) is 0 Å². The van der Waals surface area contributed by atoms with Crippen LogP contribution in [-0.2, 0) is 33.2 Å². The van der Waals surface area contributed by atoms with E-state index in [1.807, 2.05) is 0 Å². The standard InChI is InChI=1S/C30H45NO23/c32-5-11-15(36)16(37)20(41)28(48-11)52-25-13(7-34)50-30(22(43)18(25)39)54-26-14(8-35)51-29(23(44)19(26)40)53-24-12(6-33)49-27(21(42)17(24)38)47-10-3-1-9(2-4-10)31(45)46/h1-4,11-30,32-44H,5-8H2. The number of benzene rings is 1. The number of ether oxygens (including phenoxy) is 8. The van der Waals surface area contributed by atoms with E-state index in [-0.39, 0.29) is 11.4 Å². The quantitative estimate of drug-likeness (QED) is 0.0652. The molecule has 0 aliphatic carbocycles. The first-order valence-corrected chi connectivity index (χ1v) is 16.7. The van der Waals surface area contributed by atoms with E-state index in [0.29, 0.717) is 0 Å². The lowest BCUT2D eigenvalue weighted by molar-refractivity contribution is -0.387. The fraction of sp³-hybridized carbons (Fsp3) is 0.800. The largest absolute Gasteiger partial charge is 0.462 e. The summed E-state index contributed by atoms with van der Waals surface area (Å²) in [6.07, 6.45) is -35.7. The fourth-order valence-corrected chi connectivity index (χ4v) is 6.41. The Balaban J connectivity index is 1.22. The first kappa shape index (κ1) is 42.8. The number of hydrogen-bond acceptors (Lipinski definition) is 23. The Labute approximate surface area is 304 Å². The highest BCUT2D eigenvalue weighted by atomic mass is 16.8. The van der Waals surface area contributed by atoms with Crippen LogP contribution in [0.5, 0.6) is 5.75 Å². The monoisotopic (exact) mass is 787 g/mol. The number of hydrogen-bond donors (Lipinski definition) is 13. The predicted octanol–water partition coefficient (Wildman–Crippen LogP) is -7.75. The lowest BCUT2D eigenvalue weighted by Gasteiger charge is -2.49. The molecule has 1 aromatic rings. The van der Waals surface area contributed by atoms with E-state index in [9.17, 15) is 76.5 Å². The number of nitro groups is 1. The molecule has 20 atom stereocenters. The Morgan fingerprint density at radius 1 is 0.481 bits per heavy atom. The normalized spacial score (nSPS) is 45.9. The van der Waals surface area contributed by atoms with E-state index in [4.69, 9.17) is 37.9 Å². The van der Waals surface area contributed by atoms with E-state index in [2.05, 4.69) is 0 Å². The van der Waals surface area contributed by atoms with Crippen LogP contribution in [0.1, 0.15) is 0 Å². The van der Waals surface area contributed by atoms with Gasteiger partial charge < -0.3 is 104 Å². The van der Waals surface area contributed by atoms with Crippen molar-refractivity contribution in [3.05, 3.63) is 34.4 Å². The third-order valence-electron chi connectivity index (χ3n) is 9.48. The van der Waals surface area contributed by atoms with Gasteiger partial charge in [0.1, 0.15) is 103 Å². The maximum atomic E-state index is 11.1. The molecule has 308 valence electrons. The summed E-state index contributed by atoms with van der Waals surface area (Å²) in [7, 11) is 0. The number of aliphatic hydroxyl groups is 13. The second-order valence-electron chi connectivity index (χ2n) is 13.0. The number of nitro benzene ring substituents is 1. The van der Waals surface area contributed by atoms with Gasteiger partial charge in [0.05, 0.1) is 31.4 Å². The third-order valence-corrected chi connectivity index (χ3v) is 9.48. The average molecular weight is 788 g/mol. The zero-order valence-electron chi connectivity index (χ0n) is 28.0. The van der Waals surface area contributed by atoms with Crippen LogP contribution in [0, 0.1) is 10.1 Å². The minimum absolute atomic E-state index is 0.000590. The van der Waals surface area contributed by atoms with Gasteiger partial charge in [-0.25, -0.2) is 0 Å². The van der Waals surface area contributed by atoms with Gasteiger partial charge in [0, 0.05) is 12.1 Å². The molecule has 0 spiro atoms. The molecule has 0 bridgehead atoms. The van der Waals surface area contributed by atoms with Gasteiger partial charge in [-0.3, -0.25) is 10.1 Å². The van der Waals surface area contributed by atoms with Gasteiger partial charge in [-0.05, 0) is 12.1 Å². The molecule has 0 saturated carbocycles. The Morgan fingerprint density at radius 3 is 1.19 bits per heavy atom. The molecule has 4 fully saturated rings. The van der Waals surface area contributed by atoms with Gasteiger partial charge in [-0.15, -0.1) is 0 Å². The molecule has 20 unspecified atom stereocenters. The highest BCUT2D eigenvalue weighted by Gasteiger charge is 2.55. The fourth-order valence-electron chi connectivity index (χ4n) is 6.41. The number of nitrogens with zero attached hydrogens (tertiary/aromatic N) is 1. The maximum Gasteiger partial charge on any atom is 0.269 e. The summed E-state index contributed by atoms with van der Waals surface area (Å²) in [6.45, 7) is -3.50. The van der Waals surface area contributed by atoms with Gasteiger partial charge >= 0.3 is 0 Å². The molecule has 1 aromatic carbocycles. The molecule has 54 heavy (non-hydrogen) atoms. The van der Waals surface area contributed by atoms with E-state index < -0.39 is 154 Å². The minimum Gasteiger partial charge on any atom is -0.462 e. The Bertz CT molecular complexity index is 1340. The SMILES string of the molecule is O=[N+]([O-])c1ccc(OC2OC(CO)C(OC3OC(CO)C(OC4OC(CO)C(OC5OC(CO)C(O)C(O)C5O)C(O)C4O)C(O)C3O)C(O)C2O)cc1. The van der Waals surface area contributed by atoms with Gasteiger partial charge in [0.15, 0.2) is 18.9 Å². The van der Waals surface area contributed by atoms with Crippen LogP contribution in [0.15, 0.2) is 24.3 Å². The molecule has 4 aliphatic heterocycles. The topological polar surface area (TPSA) is 380 Å². The molecule has 0 aromatic heterocycles. The summed E-state index contributed by atoms with van der Waals surface area (Å²) < 4.78 is 44.2. The minimum atomic E-state index is -2.06. The highest BCUT2D eigenvalue weighted by Crippen LogP contribution is 2.34. The lowest BCUT2D eigenvalue weighted by atomic mass is 9.95. The van der Waals surface area contributed by atoms with Crippen molar-refractivity contribution in [3.8, 4) is 5.75 Å². The maximum absolute atomic E-state index is 11.1. The van der Waals surface area contributed by atoms with Gasteiger partial charge in [-0.2, -0.15) is 0 Å². The van der Waals surface area contributed by atoms with Crippen molar-refractivity contribution in [1.29, 1.82) is 0 Å². The second kappa shape index (κ2) is 18.3. The van der Waals surface area contributed by atoms with Crippen LogP contribution in [0.4, 0.5) is 5.69 Å². The van der Waals surface area contributed by atoms with Crippen molar-refractivity contribution in [2.75, 3.05) is 26.4 Å². The summed E-state index contributed by atoms with van der Waals surface area (Å²) in [5, 5.41) is 146. The summed E-state index contributed by atoms with van der Waals surface area (Å²) in [5.41, 5.74) is -0.251. The molecule has 24 nitrogen and oxygen atoms in total. The van der Waals surface area contributed by atoms with Crippen molar-refractivity contribution in [1.82, 2.24) is 0 Å². The van der Waals surface area contributed by atoms with Gasteiger partial charge in [0.2, 0.25) is 6.29 Å². The number of non-ortho nitro benzene ring substituents is 1. The van der Waals surface area contributed by atoms with Crippen LogP contribution in [0.3, 0.4) is 0 Å². The predicted molar refractivity (Wildman–Crippen MR) is 165 cm³/mol. The molecule has 4 aliphatic rings. The van der Waals surface area contributed by atoms with E-state index >= 15 is 0 Å². The number of aliphatic hydroxyl groups excluding tert-OH is 13. The summed E-state index contributed by atoms with van der Waals surface area (Å²) in [5.74, 6) is 0.000590. The molecule has 4 heterocycles. The second-order valence-corrected chi connectivity index (χ2v) is 13.0. The van der Waals surface area contributed by atoms with Crippen LogP contribution in [0.25, 0.3) is 0 Å². The average Bonchev–Trinajstić information content (AvgIpc) is 3.16. The molecule has 24 heteroatoms. The zero-order valence-corrected chi connectivity index (χ0v) is 28.0. The van der Waals surface area contributed by atoms with Crippen molar-refractivity contribution in [3.63, 3.8) is 0 Å². The molecule has 0 radical (unpaired) electrons. The summed E-state index contributed by atoms with van der Waals surface area (Å²) in [4.78, 5) is 10.3. The smallest absolute Gasteiger partial charge is 0.269 e. The van der Waals surface area contributed by atoms with Crippen LogP contribution < -0.4 is 4.74 Å².